The third kappa shape index (κ3) is 4.90. The average Bonchev–Trinajstić information content (AvgIpc) is 3.40. The summed E-state index contributed by atoms with van der Waals surface area (Å²) in [5.41, 5.74) is -3.70. The van der Waals surface area contributed by atoms with Gasteiger partial charge in [-0.25, -0.2) is 4.90 Å². The molecule has 2 atom stereocenters. The zero-order valence-electron chi connectivity index (χ0n) is 25.0. The molecule has 2 aliphatic heterocycles. The van der Waals surface area contributed by atoms with Gasteiger partial charge in [0.15, 0.2) is 0 Å². The van der Waals surface area contributed by atoms with Gasteiger partial charge in [-0.2, -0.15) is 26.3 Å². The van der Waals surface area contributed by atoms with Crippen molar-refractivity contribution in [1.29, 1.82) is 0 Å². The lowest BCUT2D eigenvalue weighted by atomic mass is 9.74. The summed E-state index contributed by atoms with van der Waals surface area (Å²) in [6, 6.07) is 16.9. The number of hydrogen-bond acceptors (Lipinski definition) is 4. The monoisotopic (exact) mass is 650 g/mol. The molecule has 0 bridgehead atoms. The molecule has 0 spiro atoms. The van der Waals surface area contributed by atoms with Crippen molar-refractivity contribution in [3.05, 3.63) is 135 Å². The second-order valence-electron chi connectivity index (χ2n) is 11.7. The van der Waals surface area contributed by atoms with Crippen molar-refractivity contribution >= 4 is 29.3 Å². The minimum atomic E-state index is -4.96. The van der Waals surface area contributed by atoms with Gasteiger partial charge in [-0.15, -0.1) is 0 Å². The predicted octanol–water partition coefficient (Wildman–Crippen LogP) is 7.58. The van der Waals surface area contributed by atoms with E-state index in [1.165, 1.54) is 31.3 Å². The molecule has 47 heavy (non-hydrogen) atoms. The van der Waals surface area contributed by atoms with Crippen LogP contribution in [0.3, 0.4) is 0 Å². The van der Waals surface area contributed by atoms with Gasteiger partial charge in [0.05, 0.1) is 27.9 Å². The van der Waals surface area contributed by atoms with Crippen LogP contribution in [0.1, 0.15) is 82.1 Å². The lowest BCUT2D eigenvalue weighted by molar-refractivity contribution is -0.173. The molecule has 4 aromatic carbocycles. The summed E-state index contributed by atoms with van der Waals surface area (Å²) in [5, 5.41) is 0. The first-order chi connectivity index (χ1) is 21.9. The van der Waals surface area contributed by atoms with Crippen molar-refractivity contribution in [1.82, 2.24) is 4.90 Å². The number of amides is 4. The summed E-state index contributed by atoms with van der Waals surface area (Å²) >= 11 is 0. The van der Waals surface area contributed by atoms with Crippen LogP contribution < -0.4 is 4.90 Å². The number of halogens is 6. The van der Waals surface area contributed by atoms with Crippen LogP contribution >= 0.6 is 0 Å². The molecule has 4 amide bonds. The molecule has 6 nitrogen and oxygen atoms in total. The minimum Gasteiger partial charge on any atom is -0.277 e. The molecule has 2 heterocycles. The van der Waals surface area contributed by atoms with E-state index in [1.54, 1.807) is 19.1 Å². The van der Waals surface area contributed by atoms with Gasteiger partial charge in [0.1, 0.15) is 11.3 Å². The molecular weight excluding hydrogens is 626 g/mol. The number of imide groups is 2. The van der Waals surface area contributed by atoms with Gasteiger partial charge < -0.3 is 0 Å². The van der Waals surface area contributed by atoms with Crippen molar-refractivity contribution in [3.63, 3.8) is 0 Å². The molecule has 6 rings (SSSR count). The zero-order chi connectivity index (χ0) is 34.2. The van der Waals surface area contributed by atoms with Gasteiger partial charge >= 0.3 is 12.4 Å². The predicted molar refractivity (Wildman–Crippen MR) is 158 cm³/mol. The van der Waals surface area contributed by atoms with Gasteiger partial charge in [0.2, 0.25) is 0 Å². The lowest BCUT2D eigenvalue weighted by Gasteiger charge is -2.33. The van der Waals surface area contributed by atoms with E-state index in [-0.39, 0.29) is 44.6 Å². The van der Waals surface area contributed by atoms with E-state index < -0.39 is 52.9 Å². The Morgan fingerprint density at radius 3 is 1.49 bits per heavy atom. The molecule has 0 saturated carbocycles. The van der Waals surface area contributed by atoms with E-state index in [4.69, 9.17) is 0 Å². The van der Waals surface area contributed by atoms with Gasteiger partial charge in [0.25, 0.3) is 23.6 Å². The Morgan fingerprint density at radius 2 is 1.00 bits per heavy atom. The summed E-state index contributed by atoms with van der Waals surface area (Å²) in [6.07, 6.45) is -9.61. The number of fused-ring (bicyclic) bond motifs is 2. The molecule has 0 fully saturated rings. The highest BCUT2D eigenvalue weighted by molar-refractivity contribution is 6.34. The van der Waals surface area contributed by atoms with Crippen LogP contribution in [0.2, 0.25) is 0 Å². The maximum Gasteiger partial charge on any atom is 0.402 e. The van der Waals surface area contributed by atoms with Crippen LogP contribution in [0, 0.1) is 6.92 Å². The highest BCUT2D eigenvalue weighted by Gasteiger charge is 2.55. The van der Waals surface area contributed by atoms with Crippen molar-refractivity contribution in [2.45, 2.75) is 37.5 Å². The first-order valence-electron chi connectivity index (χ1n) is 14.3. The SMILES string of the molecule is Cc1ccc(C(c2ccc(N3C(=O)c4ccc(C(C)(c5ccc6c(c5)C(=O)N(C)C6=O)C(F)(F)F)cc4C3=O)cc2)C(F)(F)F)cc1. The number of rotatable bonds is 5. The Morgan fingerprint density at radius 1 is 0.574 bits per heavy atom. The third-order valence-corrected chi connectivity index (χ3v) is 8.92. The van der Waals surface area contributed by atoms with Crippen LogP contribution in [0.4, 0.5) is 32.0 Å². The highest BCUT2D eigenvalue weighted by atomic mass is 19.4. The molecule has 0 aliphatic carbocycles. The number of hydrogen-bond donors (Lipinski definition) is 0. The first kappa shape index (κ1) is 31.7. The Bertz CT molecular complexity index is 1980. The Balaban J connectivity index is 1.36. The summed E-state index contributed by atoms with van der Waals surface area (Å²) in [6.45, 7) is 2.61. The van der Waals surface area contributed by atoms with Crippen LogP contribution in [-0.4, -0.2) is 47.9 Å². The maximum absolute atomic E-state index is 14.9. The second-order valence-corrected chi connectivity index (χ2v) is 11.7. The molecule has 4 aromatic rings. The summed E-state index contributed by atoms with van der Waals surface area (Å²) < 4.78 is 87.0. The Kier molecular flexibility index (Phi) is 7.18. The van der Waals surface area contributed by atoms with E-state index in [9.17, 15) is 45.5 Å². The van der Waals surface area contributed by atoms with Crippen LogP contribution in [0.25, 0.3) is 0 Å². The van der Waals surface area contributed by atoms with E-state index in [0.717, 1.165) is 65.9 Å². The van der Waals surface area contributed by atoms with E-state index in [0.29, 0.717) is 4.90 Å². The quantitative estimate of drug-likeness (QED) is 0.165. The fraction of sp³-hybridized carbons (Fsp3) is 0.200. The maximum atomic E-state index is 14.9. The van der Waals surface area contributed by atoms with Gasteiger partial charge in [-0.05, 0) is 72.5 Å². The number of carbonyl (C=O) groups is 4. The normalized spacial score (nSPS) is 16.8. The molecule has 0 aromatic heterocycles. The highest BCUT2D eigenvalue weighted by Crippen LogP contribution is 2.48. The van der Waals surface area contributed by atoms with Crippen LogP contribution in [-0.2, 0) is 5.41 Å². The van der Waals surface area contributed by atoms with Crippen molar-refractivity contribution in [3.8, 4) is 0 Å². The molecule has 2 aliphatic rings. The summed E-state index contributed by atoms with van der Waals surface area (Å²) in [7, 11) is 1.22. The number of nitrogens with zero attached hydrogens (tertiary/aromatic N) is 2. The van der Waals surface area contributed by atoms with Gasteiger partial charge in [-0.1, -0.05) is 54.1 Å². The van der Waals surface area contributed by atoms with Crippen molar-refractivity contribution in [2.75, 3.05) is 11.9 Å². The van der Waals surface area contributed by atoms with Gasteiger partial charge in [-0.3, -0.25) is 24.1 Å². The standard InChI is InChI=1S/C35H24F6N2O4/c1-18-4-6-19(7-5-18)28(34(36,37)38)20-8-12-23(13-9-20)43-31(46)25-15-11-22(17-27(25)32(43)47)33(2,35(39,40)41)21-10-14-24-26(16-21)30(45)42(3)29(24)44/h4-17,28H,1-3H3. The molecule has 2 unspecified atom stereocenters. The summed E-state index contributed by atoms with van der Waals surface area (Å²) in [5.74, 6) is -5.19. The number of benzene rings is 4. The number of anilines is 1. The van der Waals surface area contributed by atoms with E-state index >= 15 is 0 Å². The first-order valence-corrected chi connectivity index (χ1v) is 14.3. The van der Waals surface area contributed by atoms with E-state index in [2.05, 4.69) is 0 Å². The van der Waals surface area contributed by atoms with Crippen molar-refractivity contribution in [2.24, 2.45) is 0 Å². The van der Waals surface area contributed by atoms with Gasteiger partial charge in [0, 0.05) is 7.05 Å². The number of carbonyl (C=O) groups excluding carboxylic acids is 4. The van der Waals surface area contributed by atoms with Crippen molar-refractivity contribution < 1.29 is 45.5 Å². The fourth-order valence-corrected chi connectivity index (χ4v) is 6.10. The molecule has 0 N–H and O–H groups in total. The fourth-order valence-electron chi connectivity index (χ4n) is 6.10. The Hall–Kier alpha value is -5.26. The minimum absolute atomic E-state index is 0.00294. The number of alkyl halides is 6. The summed E-state index contributed by atoms with van der Waals surface area (Å²) in [4.78, 5) is 53.2. The van der Waals surface area contributed by atoms with E-state index in [1.807, 2.05) is 0 Å². The zero-order valence-corrected chi connectivity index (χ0v) is 25.0. The smallest absolute Gasteiger partial charge is 0.277 e. The average molecular weight is 651 g/mol. The number of aryl methyl sites for hydroxylation is 1. The topological polar surface area (TPSA) is 74.8 Å². The molecule has 0 saturated heterocycles. The second kappa shape index (κ2) is 10.6. The largest absolute Gasteiger partial charge is 0.402 e. The Labute approximate surface area is 264 Å². The van der Waals surface area contributed by atoms with Crippen LogP contribution in [0.5, 0.6) is 0 Å². The molecule has 12 heteroatoms. The molecule has 240 valence electrons. The van der Waals surface area contributed by atoms with Crippen LogP contribution in [0.15, 0.2) is 84.9 Å². The molecular formula is C35H24F6N2O4. The lowest BCUT2D eigenvalue weighted by Crippen LogP contribution is -2.41. The molecule has 0 radical (unpaired) electrons. The third-order valence-electron chi connectivity index (χ3n) is 8.92.